The first kappa shape index (κ1) is 13.3. The van der Waals surface area contributed by atoms with Crippen LogP contribution in [0.4, 0.5) is 15.8 Å². The van der Waals surface area contributed by atoms with Crippen LogP contribution in [0.15, 0.2) is 34.9 Å². The van der Waals surface area contributed by atoms with E-state index in [1.807, 2.05) is 19.1 Å². The number of hydrogen-bond acceptors (Lipinski definition) is 4. The summed E-state index contributed by atoms with van der Waals surface area (Å²) >= 11 is 0. The van der Waals surface area contributed by atoms with E-state index < -0.39 is 5.82 Å². The lowest BCUT2D eigenvalue weighted by molar-refractivity contribution is 0.416. The Morgan fingerprint density at radius 3 is 2.89 bits per heavy atom. The van der Waals surface area contributed by atoms with Crippen molar-refractivity contribution in [2.75, 3.05) is 18.2 Å². The third kappa shape index (κ3) is 3.19. The molecule has 1 unspecified atom stereocenters. The molecule has 4 nitrogen and oxygen atoms in total. The summed E-state index contributed by atoms with van der Waals surface area (Å²) in [5, 5.41) is 3.08. The van der Waals surface area contributed by atoms with Crippen LogP contribution in [-0.2, 0) is 6.42 Å². The average Bonchev–Trinajstić information content (AvgIpc) is 2.85. The molecule has 2 aromatic rings. The van der Waals surface area contributed by atoms with Crippen LogP contribution < -0.4 is 15.8 Å². The van der Waals surface area contributed by atoms with Gasteiger partial charge < -0.3 is 20.2 Å². The van der Waals surface area contributed by atoms with Crippen molar-refractivity contribution in [3.8, 4) is 5.75 Å². The molecule has 0 radical (unpaired) electrons. The fraction of sp³-hybridized carbons (Fsp3) is 0.286. The molecular formula is C14H17FN2O2. The first-order valence-corrected chi connectivity index (χ1v) is 6.02. The van der Waals surface area contributed by atoms with Gasteiger partial charge in [-0.05, 0) is 19.1 Å². The number of nitrogen functional groups attached to an aromatic ring is 1. The van der Waals surface area contributed by atoms with Crippen molar-refractivity contribution >= 4 is 11.4 Å². The highest BCUT2D eigenvalue weighted by atomic mass is 19.1. The Balaban J connectivity index is 2.09. The normalized spacial score (nSPS) is 12.2. The molecule has 0 aliphatic rings. The van der Waals surface area contributed by atoms with Gasteiger partial charge in [0.05, 0.1) is 24.7 Å². The van der Waals surface area contributed by atoms with E-state index in [1.54, 1.807) is 12.3 Å². The van der Waals surface area contributed by atoms with Crippen LogP contribution in [0.25, 0.3) is 0 Å². The zero-order valence-electron chi connectivity index (χ0n) is 10.9. The van der Waals surface area contributed by atoms with Crippen LogP contribution in [0, 0.1) is 5.82 Å². The van der Waals surface area contributed by atoms with Gasteiger partial charge in [-0.1, -0.05) is 0 Å². The van der Waals surface area contributed by atoms with Crippen molar-refractivity contribution in [1.29, 1.82) is 0 Å². The predicted molar refractivity (Wildman–Crippen MR) is 72.9 cm³/mol. The van der Waals surface area contributed by atoms with Gasteiger partial charge in [0.15, 0.2) is 0 Å². The topological polar surface area (TPSA) is 60.4 Å². The maximum atomic E-state index is 13.8. The van der Waals surface area contributed by atoms with Gasteiger partial charge in [0, 0.05) is 24.6 Å². The van der Waals surface area contributed by atoms with Crippen LogP contribution in [0.3, 0.4) is 0 Å². The fourth-order valence-electron chi connectivity index (χ4n) is 1.90. The van der Waals surface area contributed by atoms with Crippen molar-refractivity contribution < 1.29 is 13.5 Å². The van der Waals surface area contributed by atoms with Gasteiger partial charge in [-0.2, -0.15) is 0 Å². The molecule has 0 saturated carbocycles. The fourth-order valence-corrected chi connectivity index (χ4v) is 1.90. The minimum absolute atomic E-state index is 0.0222. The van der Waals surface area contributed by atoms with E-state index >= 15 is 0 Å². The SMILES string of the molecule is COc1cc(NC(C)Cc2ccco2)c(F)cc1N. The number of anilines is 2. The summed E-state index contributed by atoms with van der Waals surface area (Å²) in [5.41, 5.74) is 6.28. The summed E-state index contributed by atoms with van der Waals surface area (Å²) in [6.07, 6.45) is 2.29. The molecule has 19 heavy (non-hydrogen) atoms. The third-order valence-electron chi connectivity index (χ3n) is 2.81. The first-order chi connectivity index (χ1) is 9.10. The van der Waals surface area contributed by atoms with E-state index in [1.165, 1.54) is 13.2 Å². The summed E-state index contributed by atoms with van der Waals surface area (Å²) in [6.45, 7) is 1.95. The number of benzene rings is 1. The molecule has 1 heterocycles. The number of nitrogens with two attached hydrogens (primary N) is 1. The van der Waals surface area contributed by atoms with Crippen LogP contribution >= 0.6 is 0 Å². The maximum Gasteiger partial charge on any atom is 0.148 e. The van der Waals surface area contributed by atoms with Crippen molar-refractivity contribution in [2.24, 2.45) is 0 Å². The molecular weight excluding hydrogens is 247 g/mol. The van der Waals surface area contributed by atoms with E-state index in [4.69, 9.17) is 14.9 Å². The Bertz CT molecular complexity index is 541. The minimum atomic E-state index is -0.399. The Hall–Kier alpha value is -2.17. The zero-order valence-corrected chi connectivity index (χ0v) is 10.9. The molecule has 1 atom stereocenters. The van der Waals surface area contributed by atoms with Gasteiger partial charge >= 0.3 is 0 Å². The first-order valence-electron chi connectivity index (χ1n) is 6.02. The number of furan rings is 1. The quantitative estimate of drug-likeness (QED) is 0.815. The summed E-state index contributed by atoms with van der Waals surface area (Å²) in [5.74, 6) is 0.904. The molecule has 0 aliphatic heterocycles. The van der Waals surface area contributed by atoms with Gasteiger partial charge in [-0.25, -0.2) is 4.39 Å². The lowest BCUT2D eigenvalue weighted by atomic mass is 10.1. The number of methoxy groups -OCH3 is 1. The standard InChI is InChI=1S/C14H17FN2O2/c1-9(6-10-4-3-5-19-10)17-13-8-14(18-2)12(16)7-11(13)15/h3-5,7-9,17H,6,16H2,1-2H3. The molecule has 0 aliphatic carbocycles. The smallest absolute Gasteiger partial charge is 0.148 e. The second-order valence-electron chi connectivity index (χ2n) is 4.40. The van der Waals surface area contributed by atoms with E-state index in [2.05, 4.69) is 5.32 Å². The molecule has 3 N–H and O–H groups in total. The van der Waals surface area contributed by atoms with Gasteiger partial charge in [-0.15, -0.1) is 0 Å². The number of halogens is 1. The highest BCUT2D eigenvalue weighted by Crippen LogP contribution is 2.28. The zero-order chi connectivity index (χ0) is 13.8. The van der Waals surface area contributed by atoms with Crippen LogP contribution in [0.2, 0.25) is 0 Å². The largest absolute Gasteiger partial charge is 0.495 e. The van der Waals surface area contributed by atoms with Crippen LogP contribution in [0.5, 0.6) is 5.75 Å². The molecule has 102 valence electrons. The third-order valence-corrected chi connectivity index (χ3v) is 2.81. The van der Waals surface area contributed by atoms with Gasteiger partial charge in [0.2, 0.25) is 0 Å². The van der Waals surface area contributed by atoms with E-state index in [0.717, 1.165) is 5.76 Å². The van der Waals surface area contributed by atoms with Gasteiger partial charge in [-0.3, -0.25) is 0 Å². The van der Waals surface area contributed by atoms with E-state index in [9.17, 15) is 4.39 Å². The molecule has 2 rings (SSSR count). The Kier molecular flexibility index (Phi) is 3.94. The summed E-state index contributed by atoms with van der Waals surface area (Å²) < 4.78 is 24.1. The maximum absolute atomic E-state index is 13.8. The lowest BCUT2D eigenvalue weighted by Crippen LogP contribution is -2.18. The van der Waals surface area contributed by atoms with Gasteiger partial charge in [0.25, 0.3) is 0 Å². The molecule has 0 saturated heterocycles. The minimum Gasteiger partial charge on any atom is -0.495 e. The van der Waals surface area contributed by atoms with E-state index in [0.29, 0.717) is 17.9 Å². The second-order valence-corrected chi connectivity index (χ2v) is 4.40. The molecule has 1 aromatic carbocycles. The number of ether oxygens (including phenoxy) is 1. The highest BCUT2D eigenvalue weighted by Gasteiger charge is 2.12. The summed E-state index contributed by atoms with van der Waals surface area (Å²) in [4.78, 5) is 0. The number of rotatable bonds is 5. The molecule has 0 fully saturated rings. The Morgan fingerprint density at radius 1 is 1.47 bits per heavy atom. The summed E-state index contributed by atoms with van der Waals surface area (Å²) in [6, 6.07) is 6.55. The highest BCUT2D eigenvalue weighted by molar-refractivity contribution is 5.62. The van der Waals surface area contributed by atoms with Crippen molar-refractivity contribution in [1.82, 2.24) is 0 Å². The van der Waals surface area contributed by atoms with Crippen molar-refractivity contribution in [2.45, 2.75) is 19.4 Å². The lowest BCUT2D eigenvalue weighted by Gasteiger charge is -2.16. The van der Waals surface area contributed by atoms with Crippen LogP contribution in [-0.4, -0.2) is 13.2 Å². The summed E-state index contributed by atoms with van der Waals surface area (Å²) in [7, 11) is 1.50. The van der Waals surface area contributed by atoms with Crippen molar-refractivity contribution in [3.63, 3.8) is 0 Å². The number of hydrogen-bond donors (Lipinski definition) is 2. The molecule has 0 bridgehead atoms. The average molecular weight is 264 g/mol. The molecule has 0 amide bonds. The van der Waals surface area contributed by atoms with Crippen LogP contribution in [0.1, 0.15) is 12.7 Å². The molecule has 5 heteroatoms. The van der Waals surface area contributed by atoms with E-state index in [-0.39, 0.29) is 11.7 Å². The monoisotopic (exact) mass is 264 g/mol. The number of nitrogens with one attached hydrogen (secondary N) is 1. The second kappa shape index (κ2) is 5.65. The molecule has 0 spiro atoms. The Labute approximate surface area is 111 Å². The molecule has 1 aromatic heterocycles. The Morgan fingerprint density at radius 2 is 2.26 bits per heavy atom. The van der Waals surface area contributed by atoms with Crippen molar-refractivity contribution in [3.05, 3.63) is 42.1 Å². The predicted octanol–water partition coefficient (Wildman–Crippen LogP) is 3.05. The van der Waals surface area contributed by atoms with Gasteiger partial charge in [0.1, 0.15) is 17.3 Å².